The number of rotatable bonds is 9. The predicted molar refractivity (Wildman–Crippen MR) is 117 cm³/mol. The third kappa shape index (κ3) is 4.81. The standard InChI is InChI=1S/C22H23N5OS/c1-4-13-26(14-5-2)20(28)16-29-22-25-24-21(18-10-8-12-23-15-18)27(22)19-11-7-6-9-17(19)3/h4-12,15H,1-2,13-14,16H2,3H3. The molecule has 0 saturated heterocycles. The molecule has 1 amide bonds. The van der Waals surface area contributed by atoms with E-state index in [1.165, 1.54) is 11.8 Å². The van der Waals surface area contributed by atoms with Crippen molar-refractivity contribution in [3.05, 3.63) is 79.7 Å². The number of amides is 1. The third-order valence-corrected chi connectivity index (χ3v) is 5.20. The van der Waals surface area contributed by atoms with Crippen LogP contribution in [0.1, 0.15) is 5.56 Å². The molecule has 0 unspecified atom stereocenters. The summed E-state index contributed by atoms with van der Waals surface area (Å²) in [5.41, 5.74) is 2.92. The van der Waals surface area contributed by atoms with E-state index >= 15 is 0 Å². The van der Waals surface area contributed by atoms with Crippen molar-refractivity contribution in [1.29, 1.82) is 0 Å². The molecule has 3 rings (SSSR count). The molecule has 0 saturated carbocycles. The molecule has 0 spiro atoms. The second-order valence-electron chi connectivity index (χ2n) is 6.33. The van der Waals surface area contributed by atoms with Gasteiger partial charge in [0.15, 0.2) is 11.0 Å². The minimum absolute atomic E-state index is 0.00272. The number of carbonyl (C=O) groups excluding carboxylic acids is 1. The third-order valence-electron chi connectivity index (χ3n) is 4.29. The number of pyridine rings is 1. The number of nitrogens with zero attached hydrogens (tertiary/aromatic N) is 5. The highest BCUT2D eigenvalue weighted by Gasteiger charge is 2.19. The smallest absolute Gasteiger partial charge is 0.233 e. The van der Waals surface area contributed by atoms with E-state index in [1.807, 2.05) is 47.9 Å². The van der Waals surface area contributed by atoms with Crippen molar-refractivity contribution in [2.24, 2.45) is 0 Å². The Kier molecular flexibility index (Phi) is 6.97. The molecule has 2 aromatic heterocycles. The van der Waals surface area contributed by atoms with Crippen LogP contribution in [0, 0.1) is 6.92 Å². The van der Waals surface area contributed by atoms with E-state index in [-0.39, 0.29) is 11.7 Å². The fraction of sp³-hybridized carbons (Fsp3) is 0.182. The molecule has 0 atom stereocenters. The van der Waals surface area contributed by atoms with E-state index in [0.29, 0.717) is 24.1 Å². The minimum Gasteiger partial charge on any atom is -0.335 e. The first kappa shape index (κ1) is 20.5. The summed E-state index contributed by atoms with van der Waals surface area (Å²) >= 11 is 1.36. The van der Waals surface area contributed by atoms with Crippen molar-refractivity contribution < 1.29 is 4.79 Å². The van der Waals surface area contributed by atoms with E-state index in [0.717, 1.165) is 16.8 Å². The lowest BCUT2D eigenvalue weighted by Gasteiger charge is -2.19. The van der Waals surface area contributed by atoms with Crippen LogP contribution in [-0.4, -0.2) is 49.4 Å². The maximum absolute atomic E-state index is 12.6. The normalized spacial score (nSPS) is 10.5. The molecule has 0 aliphatic rings. The lowest BCUT2D eigenvalue weighted by Crippen LogP contribution is -2.32. The SMILES string of the molecule is C=CCN(CC=C)C(=O)CSc1nnc(-c2cccnc2)n1-c1ccccc1C. The van der Waals surface area contributed by atoms with E-state index < -0.39 is 0 Å². The first-order valence-electron chi connectivity index (χ1n) is 9.20. The van der Waals surface area contributed by atoms with Crippen molar-refractivity contribution in [2.45, 2.75) is 12.1 Å². The van der Waals surface area contributed by atoms with Crippen LogP contribution in [0.2, 0.25) is 0 Å². The lowest BCUT2D eigenvalue weighted by atomic mass is 10.2. The highest BCUT2D eigenvalue weighted by atomic mass is 32.2. The van der Waals surface area contributed by atoms with E-state index in [2.05, 4.69) is 28.3 Å². The van der Waals surface area contributed by atoms with Crippen molar-refractivity contribution in [1.82, 2.24) is 24.6 Å². The molecule has 148 valence electrons. The average molecular weight is 406 g/mol. The van der Waals surface area contributed by atoms with Gasteiger partial charge in [0, 0.05) is 31.0 Å². The number of benzene rings is 1. The zero-order valence-corrected chi connectivity index (χ0v) is 17.2. The molecular formula is C22H23N5OS. The number of aryl methyl sites for hydroxylation is 1. The zero-order chi connectivity index (χ0) is 20.6. The summed E-state index contributed by atoms with van der Waals surface area (Å²) in [5.74, 6) is 0.937. The molecule has 6 nitrogen and oxygen atoms in total. The van der Waals surface area contributed by atoms with Crippen LogP contribution < -0.4 is 0 Å². The molecule has 0 aliphatic heterocycles. The van der Waals surface area contributed by atoms with Crippen LogP contribution >= 0.6 is 11.8 Å². The predicted octanol–water partition coefficient (Wildman–Crippen LogP) is 3.93. The van der Waals surface area contributed by atoms with Crippen molar-refractivity contribution in [3.8, 4) is 17.1 Å². The van der Waals surface area contributed by atoms with Crippen LogP contribution in [0.5, 0.6) is 0 Å². The Balaban J connectivity index is 1.94. The van der Waals surface area contributed by atoms with Gasteiger partial charge < -0.3 is 4.90 Å². The number of aromatic nitrogens is 4. The summed E-state index contributed by atoms with van der Waals surface area (Å²) in [6.07, 6.45) is 6.90. The maximum atomic E-state index is 12.6. The monoisotopic (exact) mass is 405 g/mol. The summed E-state index contributed by atoms with van der Waals surface area (Å²) < 4.78 is 1.98. The molecule has 0 bridgehead atoms. The van der Waals surface area contributed by atoms with Crippen LogP contribution in [-0.2, 0) is 4.79 Å². The molecule has 3 aromatic rings. The Bertz CT molecular complexity index is 989. The Morgan fingerprint density at radius 3 is 2.55 bits per heavy atom. The van der Waals surface area contributed by atoms with Gasteiger partial charge in [-0.15, -0.1) is 23.4 Å². The highest BCUT2D eigenvalue weighted by molar-refractivity contribution is 7.99. The van der Waals surface area contributed by atoms with Gasteiger partial charge in [-0.3, -0.25) is 14.3 Å². The molecule has 29 heavy (non-hydrogen) atoms. The lowest BCUT2D eigenvalue weighted by molar-refractivity contribution is -0.127. The molecular weight excluding hydrogens is 382 g/mol. The number of thioether (sulfide) groups is 1. The minimum atomic E-state index is -0.00272. The van der Waals surface area contributed by atoms with Gasteiger partial charge in [-0.25, -0.2) is 0 Å². The first-order valence-corrected chi connectivity index (χ1v) is 10.2. The van der Waals surface area contributed by atoms with Crippen molar-refractivity contribution >= 4 is 17.7 Å². The number of para-hydroxylation sites is 1. The van der Waals surface area contributed by atoms with Crippen LogP contribution in [0.15, 0.2) is 79.3 Å². The number of hydrogen-bond acceptors (Lipinski definition) is 5. The van der Waals surface area contributed by atoms with E-state index in [1.54, 1.807) is 29.4 Å². The van der Waals surface area contributed by atoms with Crippen molar-refractivity contribution in [3.63, 3.8) is 0 Å². The Morgan fingerprint density at radius 1 is 1.14 bits per heavy atom. The van der Waals surface area contributed by atoms with Gasteiger partial charge in [0.05, 0.1) is 11.4 Å². The van der Waals surface area contributed by atoms with E-state index in [4.69, 9.17) is 0 Å². The molecule has 1 aromatic carbocycles. The Labute approximate surface area is 175 Å². The second kappa shape index (κ2) is 9.84. The number of carbonyl (C=O) groups is 1. The molecule has 0 N–H and O–H groups in total. The maximum Gasteiger partial charge on any atom is 0.233 e. The largest absolute Gasteiger partial charge is 0.335 e. The fourth-order valence-electron chi connectivity index (χ4n) is 2.88. The average Bonchev–Trinajstić information content (AvgIpc) is 3.16. The summed E-state index contributed by atoms with van der Waals surface area (Å²) in [5, 5.41) is 9.42. The van der Waals surface area contributed by atoms with E-state index in [9.17, 15) is 4.79 Å². The topological polar surface area (TPSA) is 63.9 Å². The van der Waals surface area contributed by atoms with Gasteiger partial charge in [0.25, 0.3) is 0 Å². The molecule has 0 aliphatic carbocycles. The molecule has 2 heterocycles. The van der Waals surface area contributed by atoms with Crippen molar-refractivity contribution in [2.75, 3.05) is 18.8 Å². The Hall–Kier alpha value is -3.19. The Morgan fingerprint density at radius 2 is 1.90 bits per heavy atom. The van der Waals surface area contributed by atoms with Gasteiger partial charge in [0.1, 0.15) is 0 Å². The summed E-state index contributed by atoms with van der Waals surface area (Å²) in [4.78, 5) is 18.5. The highest BCUT2D eigenvalue weighted by Crippen LogP contribution is 2.29. The second-order valence-corrected chi connectivity index (χ2v) is 7.28. The van der Waals surface area contributed by atoms with Gasteiger partial charge in [-0.2, -0.15) is 0 Å². The van der Waals surface area contributed by atoms with Crippen LogP contribution in [0.25, 0.3) is 17.1 Å². The van der Waals surface area contributed by atoms with Gasteiger partial charge in [-0.05, 0) is 30.7 Å². The molecule has 7 heteroatoms. The first-order chi connectivity index (χ1) is 14.2. The number of hydrogen-bond donors (Lipinski definition) is 0. The summed E-state index contributed by atoms with van der Waals surface area (Å²) in [6.45, 7) is 10.4. The summed E-state index contributed by atoms with van der Waals surface area (Å²) in [7, 11) is 0. The molecule has 0 radical (unpaired) electrons. The van der Waals surface area contributed by atoms with Crippen LogP contribution in [0.3, 0.4) is 0 Å². The quantitative estimate of drug-likeness (QED) is 0.399. The fourth-order valence-corrected chi connectivity index (χ4v) is 3.73. The van der Waals surface area contributed by atoms with Crippen LogP contribution in [0.4, 0.5) is 0 Å². The zero-order valence-electron chi connectivity index (χ0n) is 16.4. The molecule has 0 fully saturated rings. The van der Waals surface area contributed by atoms with Gasteiger partial charge >= 0.3 is 0 Å². The van der Waals surface area contributed by atoms with Gasteiger partial charge in [-0.1, -0.05) is 42.1 Å². The summed E-state index contributed by atoms with van der Waals surface area (Å²) in [6, 6.07) is 11.8. The van der Waals surface area contributed by atoms with Gasteiger partial charge in [0.2, 0.25) is 5.91 Å².